The molecule has 0 bridgehead atoms. The Kier molecular flexibility index (Phi) is 4.76. The molecule has 0 aromatic carbocycles. The molecule has 0 spiro atoms. The Bertz CT molecular complexity index is 560. The van der Waals surface area contributed by atoms with Crippen LogP contribution in [0.5, 0.6) is 0 Å². The molecule has 2 aliphatic rings. The molecule has 1 saturated carbocycles. The summed E-state index contributed by atoms with van der Waals surface area (Å²) in [5, 5.41) is 1.08. The van der Waals surface area contributed by atoms with Gasteiger partial charge in [0.2, 0.25) is 5.91 Å². The van der Waals surface area contributed by atoms with Gasteiger partial charge in [-0.15, -0.1) is 0 Å². The van der Waals surface area contributed by atoms with Gasteiger partial charge in [-0.2, -0.15) is 0 Å². The quantitative estimate of drug-likeness (QED) is 0.894. The number of piperazine rings is 1. The van der Waals surface area contributed by atoms with E-state index in [1.807, 2.05) is 4.90 Å². The number of aromatic nitrogens is 1. The van der Waals surface area contributed by atoms with Crippen LogP contribution in [0.2, 0.25) is 10.0 Å². The molecule has 5 nitrogen and oxygen atoms in total. The number of hydrogen-bond acceptors (Lipinski definition) is 4. The van der Waals surface area contributed by atoms with Crippen LogP contribution in [0.25, 0.3) is 0 Å². The fraction of sp³-hybridized carbons (Fsp3) is 0.600. The van der Waals surface area contributed by atoms with Crippen LogP contribution in [0, 0.1) is 5.92 Å². The molecule has 0 radical (unpaired) electrons. The molecule has 2 N–H and O–H groups in total. The van der Waals surface area contributed by atoms with Crippen LogP contribution in [-0.4, -0.2) is 48.0 Å². The summed E-state index contributed by atoms with van der Waals surface area (Å²) >= 11 is 12.1. The van der Waals surface area contributed by atoms with Crippen molar-refractivity contribution in [2.45, 2.75) is 25.3 Å². The van der Waals surface area contributed by atoms with Crippen molar-refractivity contribution in [1.82, 2.24) is 9.88 Å². The average molecular weight is 343 g/mol. The highest BCUT2D eigenvalue weighted by molar-refractivity contribution is 6.36. The molecule has 1 aromatic rings. The number of pyridine rings is 1. The summed E-state index contributed by atoms with van der Waals surface area (Å²) in [4.78, 5) is 20.8. The van der Waals surface area contributed by atoms with Crippen LogP contribution < -0.4 is 10.6 Å². The van der Waals surface area contributed by atoms with E-state index in [0.29, 0.717) is 23.1 Å². The minimum atomic E-state index is 0.110. The third kappa shape index (κ3) is 3.31. The highest BCUT2D eigenvalue weighted by Gasteiger charge is 2.32. The Morgan fingerprint density at radius 2 is 1.95 bits per heavy atom. The molecule has 22 heavy (non-hydrogen) atoms. The Balaban J connectivity index is 1.59. The van der Waals surface area contributed by atoms with E-state index in [1.54, 1.807) is 12.3 Å². The zero-order valence-electron chi connectivity index (χ0n) is 12.3. The van der Waals surface area contributed by atoms with E-state index in [0.717, 1.165) is 38.2 Å². The molecule has 1 amide bonds. The molecule has 3 rings (SSSR count). The van der Waals surface area contributed by atoms with Crippen molar-refractivity contribution in [1.29, 1.82) is 0 Å². The van der Waals surface area contributed by atoms with Crippen molar-refractivity contribution >= 4 is 34.9 Å². The first-order chi connectivity index (χ1) is 10.5. The number of nitrogens with two attached hydrogens (primary N) is 1. The van der Waals surface area contributed by atoms with Gasteiger partial charge in [-0.1, -0.05) is 23.2 Å². The first-order valence-electron chi connectivity index (χ1n) is 7.65. The predicted octanol–water partition coefficient (Wildman–Crippen LogP) is 2.16. The predicted molar refractivity (Wildman–Crippen MR) is 88.4 cm³/mol. The minimum absolute atomic E-state index is 0.110. The van der Waals surface area contributed by atoms with Gasteiger partial charge in [-0.05, 0) is 25.3 Å². The molecule has 2 fully saturated rings. The molecule has 1 aliphatic heterocycles. The van der Waals surface area contributed by atoms with Gasteiger partial charge < -0.3 is 15.5 Å². The maximum Gasteiger partial charge on any atom is 0.225 e. The first-order valence-corrected chi connectivity index (χ1v) is 8.40. The number of amides is 1. The summed E-state index contributed by atoms with van der Waals surface area (Å²) in [6, 6.07) is 1.88. The Morgan fingerprint density at radius 1 is 1.23 bits per heavy atom. The Labute approximate surface area is 140 Å². The normalized spacial score (nSPS) is 25.6. The fourth-order valence-corrected chi connectivity index (χ4v) is 3.78. The molecular formula is C15H20Cl2N4O. The lowest BCUT2D eigenvalue weighted by Crippen LogP contribution is -2.50. The summed E-state index contributed by atoms with van der Waals surface area (Å²) in [6.07, 6.45) is 4.30. The van der Waals surface area contributed by atoms with E-state index in [2.05, 4.69) is 9.88 Å². The second-order valence-corrected chi connectivity index (χ2v) is 6.88. The number of carbonyl (C=O) groups is 1. The Hall–Kier alpha value is -1.04. The summed E-state index contributed by atoms with van der Waals surface area (Å²) < 4.78 is 0. The van der Waals surface area contributed by atoms with Gasteiger partial charge in [0.1, 0.15) is 5.82 Å². The van der Waals surface area contributed by atoms with Crippen molar-refractivity contribution < 1.29 is 4.79 Å². The van der Waals surface area contributed by atoms with E-state index in [1.165, 1.54) is 0 Å². The molecular weight excluding hydrogens is 323 g/mol. The van der Waals surface area contributed by atoms with Crippen LogP contribution in [0.1, 0.15) is 19.3 Å². The molecule has 0 unspecified atom stereocenters. The number of anilines is 1. The molecule has 2 heterocycles. The van der Waals surface area contributed by atoms with E-state index in [9.17, 15) is 4.79 Å². The molecule has 1 aliphatic carbocycles. The maximum atomic E-state index is 12.5. The number of hydrogen-bond donors (Lipinski definition) is 1. The average Bonchev–Trinajstić information content (AvgIpc) is 2.93. The monoisotopic (exact) mass is 342 g/mol. The summed E-state index contributed by atoms with van der Waals surface area (Å²) in [6.45, 7) is 2.87. The molecule has 1 aromatic heterocycles. The van der Waals surface area contributed by atoms with E-state index in [-0.39, 0.29) is 17.9 Å². The summed E-state index contributed by atoms with van der Waals surface area (Å²) in [7, 11) is 0. The first kappa shape index (κ1) is 15.8. The fourth-order valence-electron chi connectivity index (χ4n) is 3.28. The smallest absolute Gasteiger partial charge is 0.225 e. The number of nitrogens with zero attached hydrogens (tertiary/aromatic N) is 3. The zero-order chi connectivity index (χ0) is 15.7. The van der Waals surface area contributed by atoms with Gasteiger partial charge in [-0.3, -0.25) is 4.79 Å². The zero-order valence-corrected chi connectivity index (χ0v) is 13.9. The van der Waals surface area contributed by atoms with Gasteiger partial charge >= 0.3 is 0 Å². The number of halogens is 2. The van der Waals surface area contributed by atoms with Crippen LogP contribution in [0.15, 0.2) is 12.3 Å². The summed E-state index contributed by atoms with van der Waals surface area (Å²) in [5.41, 5.74) is 5.91. The SMILES string of the molecule is N[C@@H]1CC[C@@H](C(=O)N2CCN(c3ncc(Cl)cc3Cl)CC2)C1. The van der Waals surface area contributed by atoms with Crippen LogP contribution in [0.3, 0.4) is 0 Å². The number of rotatable bonds is 2. The molecule has 120 valence electrons. The third-order valence-electron chi connectivity index (χ3n) is 4.50. The lowest BCUT2D eigenvalue weighted by molar-refractivity contribution is -0.135. The Morgan fingerprint density at radius 3 is 2.55 bits per heavy atom. The van der Waals surface area contributed by atoms with Gasteiger partial charge in [0.05, 0.1) is 10.0 Å². The van der Waals surface area contributed by atoms with E-state index < -0.39 is 0 Å². The van der Waals surface area contributed by atoms with Crippen LogP contribution in [0.4, 0.5) is 5.82 Å². The molecule has 7 heteroatoms. The van der Waals surface area contributed by atoms with Crippen LogP contribution >= 0.6 is 23.2 Å². The van der Waals surface area contributed by atoms with E-state index >= 15 is 0 Å². The largest absolute Gasteiger partial charge is 0.352 e. The highest BCUT2D eigenvalue weighted by atomic mass is 35.5. The maximum absolute atomic E-state index is 12.5. The standard InChI is InChI=1S/C15H20Cl2N4O/c16-11-8-13(17)14(19-9-11)20-3-5-21(6-4-20)15(22)10-1-2-12(18)7-10/h8-10,12H,1-7,18H2/t10-,12-/m1/s1. The van der Waals surface area contributed by atoms with Crippen molar-refractivity contribution in [2.24, 2.45) is 11.7 Å². The second kappa shape index (κ2) is 6.60. The van der Waals surface area contributed by atoms with Crippen LogP contribution in [-0.2, 0) is 4.79 Å². The van der Waals surface area contributed by atoms with Gasteiger partial charge in [-0.25, -0.2) is 4.98 Å². The topological polar surface area (TPSA) is 62.5 Å². The van der Waals surface area contributed by atoms with Crippen molar-refractivity contribution in [3.63, 3.8) is 0 Å². The minimum Gasteiger partial charge on any atom is -0.352 e. The van der Waals surface area contributed by atoms with Gasteiger partial charge in [0.25, 0.3) is 0 Å². The molecule has 1 saturated heterocycles. The van der Waals surface area contributed by atoms with Gasteiger partial charge in [0.15, 0.2) is 0 Å². The van der Waals surface area contributed by atoms with Gasteiger partial charge in [0, 0.05) is 44.3 Å². The second-order valence-electron chi connectivity index (χ2n) is 6.04. The molecule has 2 atom stereocenters. The lowest BCUT2D eigenvalue weighted by atomic mass is 10.1. The summed E-state index contributed by atoms with van der Waals surface area (Å²) in [5.74, 6) is 1.10. The van der Waals surface area contributed by atoms with Crippen molar-refractivity contribution in [2.75, 3.05) is 31.1 Å². The van der Waals surface area contributed by atoms with Crippen molar-refractivity contribution in [3.8, 4) is 0 Å². The highest BCUT2D eigenvalue weighted by Crippen LogP contribution is 2.29. The van der Waals surface area contributed by atoms with E-state index in [4.69, 9.17) is 28.9 Å². The van der Waals surface area contributed by atoms with Crippen molar-refractivity contribution in [3.05, 3.63) is 22.3 Å². The third-order valence-corrected chi connectivity index (χ3v) is 4.99. The number of carbonyl (C=O) groups excluding carboxylic acids is 1. The lowest BCUT2D eigenvalue weighted by Gasteiger charge is -2.36.